The number of carbonyl (C=O) groups excluding carboxylic acids is 4. The molecule has 59 heavy (non-hydrogen) atoms. The van der Waals surface area contributed by atoms with Crippen LogP contribution in [0, 0.1) is 29.6 Å². The van der Waals surface area contributed by atoms with E-state index in [1.807, 2.05) is 100 Å². The van der Waals surface area contributed by atoms with Crippen molar-refractivity contribution in [3.8, 4) is 34.4 Å². The van der Waals surface area contributed by atoms with Crippen LogP contribution in [0.1, 0.15) is 88.7 Å². The maximum Gasteiger partial charge on any atom is 0.407 e. The maximum atomic E-state index is 13.9. The van der Waals surface area contributed by atoms with Crippen molar-refractivity contribution in [3.63, 3.8) is 0 Å². The summed E-state index contributed by atoms with van der Waals surface area (Å²) in [7, 11) is 2.58. The lowest BCUT2D eigenvalue weighted by Gasteiger charge is -2.37. The van der Waals surface area contributed by atoms with Gasteiger partial charge >= 0.3 is 12.2 Å². The molecule has 1 saturated heterocycles. The summed E-state index contributed by atoms with van der Waals surface area (Å²) in [5.74, 6) is 7.67. The van der Waals surface area contributed by atoms with E-state index in [0.717, 1.165) is 64.3 Å². The quantitative estimate of drug-likeness (QED) is 0.104. The number of nitrogens with one attached hydrogen (secondary N) is 4. The molecule has 0 radical (unpaired) electrons. The summed E-state index contributed by atoms with van der Waals surface area (Å²) in [4.78, 5) is 71.6. The van der Waals surface area contributed by atoms with Gasteiger partial charge in [0.25, 0.3) is 0 Å². The molecule has 7 rings (SSSR count). The van der Waals surface area contributed by atoms with Crippen LogP contribution in [0.3, 0.4) is 0 Å². The minimum atomic E-state index is -0.735. The van der Waals surface area contributed by atoms with Crippen LogP contribution in [-0.2, 0) is 19.1 Å². The summed E-state index contributed by atoms with van der Waals surface area (Å²) in [5, 5.41) is 5.43. The van der Waals surface area contributed by atoms with Crippen LogP contribution in [0.4, 0.5) is 9.59 Å². The topological polar surface area (TPSA) is 175 Å². The van der Waals surface area contributed by atoms with Crippen LogP contribution in [-0.4, -0.2) is 92.6 Å². The fraction of sp³-hybridized carbons (Fsp3) is 0.422. The highest BCUT2D eigenvalue weighted by atomic mass is 16.5. The van der Waals surface area contributed by atoms with Crippen LogP contribution in [0.15, 0.2) is 72.6 Å². The average Bonchev–Trinajstić information content (AvgIpc) is 4.10. The molecule has 2 aliphatic heterocycles. The van der Waals surface area contributed by atoms with Crippen molar-refractivity contribution in [1.82, 2.24) is 40.4 Å². The van der Waals surface area contributed by atoms with Crippen molar-refractivity contribution in [3.05, 3.63) is 95.3 Å². The zero-order valence-corrected chi connectivity index (χ0v) is 34.5. The SMILES string of the molecule is COC(=O)N[C@H](C(=O)N1CC(C)=C[C@H]1c1ncc(-c2ccc(C#Cc3ccc(-c4cnc([C@@H]5[C@@H]6CC[C@@H](C6)N5C(=O)[C@@H](NC(=O)OC)C(C)C)[nH]4)cc3)cc2)[nH]1)C(C)C. The number of fused-ring (bicyclic) bond motifs is 2. The molecule has 4 aromatic rings. The molecule has 2 bridgehead atoms. The van der Waals surface area contributed by atoms with Crippen LogP contribution in [0.25, 0.3) is 22.5 Å². The van der Waals surface area contributed by atoms with Gasteiger partial charge in [-0.2, -0.15) is 0 Å². The number of nitrogens with zero attached hydrogens (tertiary/aromatic N) is 4. The molecule has 308 valence electrons. The second kappa shape index (κ2) is 17.2. The molecule has 4 N–H and O–H groups in total. The van der Waals surface area contributed by atoms with E-state index in [0.29, 0.717) is 18.3 Å². The van der Waals surface area contributed by atoms with E-state index in [1.54, 1.807) is 11.1 Å². The molecule has 1 aliphatic carbocycles. The number of likely N-dealkylation sites (tertiary alicyclic amines) is 1. The fourth-order valence-electron chi connectivity index (χ4n) is 8.49. The van der Waals surface area contributed by atoms with E-state index in [-0.39, 0.29) is 35.7 Å². The Morgan fingerprint density at radius 2 is 1.25 bits per heavy atom. The Balaban J connectivity index is 1.00. The molecule has 6 atom stereocenters. The van der Waals surface area contributed by atoms with Crippen molar-refractivity contribution >= 4 is 24.0 Å². The number of carbonyl (C=O) groups is 4. The Kier molecular flexibility index (Phi) is 11.9. The lowest BCUT2D eigenvalue weighted by atomic mass is 9.95. The first-order chi connectivity index (χ1) is 28.3. The number of ether oxygens (including phenoxy) is 2. The number of imidazole rings is 2. The van der Waals surface area contributed by atoms with E-state index in [2.05, 4.69) is 37.4 Å². The molecule has 2 fully saturated rings. The van der Waals surface area contributed by atoms with Crippen molar-refractivity contribution < 1.29 is 28.7 Å². The van der Waals surface area contributed by atoms with E-state index in [4.69, 9.17) is 14.5 Å². The predicted molar refractivity (Wildman–Crippen MR) is 221 cm³/mol. The number of piperidine rings is 1. The van der Waals surface area contributed by atoms with Gasteiger partial charge in [0.2, 0.25) is 11.8 Å². The van der Waals surface area contributed by atoms with Crippen LogP contribution in [0.2, 0.25) is 0 Å². The van der Waals surface area contributed by atoms with Gasteiger partial charge in [-0.05, 0) is 79.3 Å². The molecule has 14 nitrogen and oxygen atoms in total. The number of hydrogen-bond donors (Lipinski definition) is 4. The lowest BCUT2D eigenvalue weighted by molar-refractivity contribution is -0.139. The number of aromatic nitrogens is 4. The summed E-state index contributed by atoms with van der Waals surface area (Å²) >= 11 is 0. The molecular weight excluding hydrogens is 749 g/mol. The number of rotatable bonds is 10. The van der Waals surface area contributed by atoms with Gasteiger partial charge < -0.3 is 39.9 Å². The zero-order chi connectivity index (χ0) is 42.0. The second-order valence-electron chi connectivity index (χ2n) is 16.3. The average molecular weight is 801 g/mol. The molecular formula is C45H52N8O6. The van der Waals surface area contributed by atoms with Gasteiger partial charge in [0.15, 0.2) is 0 Å². The number of hydrogen-bond acceptors (Lipinski definition) is 8. The summed E-state index contributed by atoms with van der Waals surface area (Å²) in [6, 6.07) is 14.0. The maximum absolute atomic E-state index is 13.9. The van der Waals surface area contributed by atoms with E-state index < -0.39 is 30.3 Å². The first-order valence-corrected chi connectivity index (χ1v) is 20.2. The summed E-state index contributed by atoms with van der Waals surface area (Å²) in [6.45, 7) is 10.0. The number of aromatic amines is 2. The van der Waals surface area contributed by atoms with E-state index in [9.17, 15) is 19.2 Å². The minimum Gasteiger partial charge on any atom is -0.453 e. The van der Waals surface area contributed by atoms with Gasteiger partial charge in [0.05, 0.1) is 44.0 Å². The second-order valence-corrected chi connectivity index (χ2v) is 16.3. The standard InChI is InChI=1S/C45H52N8O6/c1-25(2)37(50-44(56)58-6)42(54)52-24-27(5)20-36(52)40-46-22-34(48-40)30-14-10-28(11-15-30)8-9-29-12-16-31(17-13-29)35-23-47-41(49-35)39-32-18-19-33(21-32)53(39)43(55)38(26(3)4)51-45(57)59-7/h10-17,20,22-23,25-26,32-33,36-39H,18-19,21,24H2,1-7H3,(H,46,48)(H,47,49)(H,50,56)(H,51,57)/t32-,33+,36+,37+,38+,39+/m1/s1. The van der Waals surface area contributed by atoms with Crippen LogP contribution < -0.4 is 10.6 Å². The monoisotopic (exact) mass is 800 g/mol. The number of amides is 4. The van der Waals surface area contributed by atoms with Gasteiger partial charge in [-0.25, -0.2) is 19.6 Å². The molecule has 1 saturated carbocycles. The summed E-state index contributed by atoms with van der Waals surface area (Å²) in [6.07, 6.45) is 7.24. The number of benzene rings is 2. The predicted octanol–water partition coefficient (Wildman–Crippen LogP) is 6.51. The smallest absolute Gasteiger partial charge is 0.407 e. The third-order valence-corrected chi connectivity index (χ3v) is 11.6. The first kappa shape index (κ1) is 40.8. The minimum absolute atomic E-state index is 0.102. The highest BCUT2D eigenvalue weighted by molar-refractivity contribution is 5.88. The third kappa shape index (κ3) is 8.60. The highest BCUT2D eigenvalue weighted by Gasteiger charge is 2.51. The number of alkyl carbamates (subject to hydrolysis) is 2. The van der Waals surface area contributed by atoms with E-state index >= 15 is 0 Å². The Hall–Kier alpha value is -6.36. The molecule has 0 spiro atoms. The van der Waals surface area contributed by atoms with E-state index in [1.165, 1.54) is 14.2 Å². The fourth-order valence-corrected chi connectivity index (χ4v) is 8.49. The van der Waals surface area contributed by atoms with Crippen molar-refractivity contribution in [2.24, 2.45) is 17.8 Å². The van der Waals surface area contributed by atoms with Gasteiger partial charge in [-0.3, -0.25) is 9.59 Å². The lowest BCUT2D eigenvalue weighted by Crippen LogP contribution is -2.54. The molecule has 2 aromatic heterocycles. The summed E-state index contributed by atoms with van der Waals surface area (Å²) < 4.78 is 9.57. The Morgan fingerprint density at radius 3 is 1.78 bits per heavy atom. The van der Waals surface area contributed by atoms with Crippen molar-refractivity contribution in [1.29, 1.82) is 0 Å². The molecule has 4 amide bonds. The van der Waals surface area contributed by atoms with Crippen LogP contribution in [0.5, 0.6) is 0 Å². The number of H-pyrrole nitrogens is 2. The zero-order valence-electron chi connectivity index (χ0n) is 34.5. The molecule has 2 aromatic carbocycles. The Morgan fingerprint density at radius 1 is 0.746 bits per heavy atom. The molecule has 4 heterocycles. The molecule has 14 heteroatoms. The normalized spacial score (nSPS) is 20.5. The van der Waals surface area contributed by atoms with Gasteiger partial charge in [0.1, 0.15) is 29.8 Å². The van der Waals surface area contributed by atoms with Gasteiger partial charge in [-0.1, -0.05) is 75.5 Å². The van der Waals surface area contributed by atoms with Gasteiger partial charge in [0, 0.05) is 23.7 Å². The van der Waals surface area contributed by atoms with Crippen molar-refractivity contribution in [2.45, 2.75) is 84.1 Å². The Labute approximate surface area is 344 Å². The van der Waals surface area contributed by atoms with Crippen LogP contribution >= 0.6 is 0 Å². The summed E-state index contributed by atoms with van der Waals surface area (Å²) in [5.41, 5.74) is 6.30. The Bertz CT molecular complexity index is 2280. The largest absolute Gasteiger partial charge is 0.453 e. The van der Waals surface area contributed by atoms with Crippen molar-refractivity contribution in [2.75, 3.05) is 20.8 Å². The first-order valence-electron chi connectivity index (χ1n) is 20.2. The highest BCUT2D eigenvalue weighted by Crippen LogP contribution is 2.50. The third-order valence-electron chi connectivity index (χ3n) is 11.6. The number of methoxy groups -OCH3 is 2. The molecule has 3 aliphatic rings. The van der Waals surface area contributed by atoms with Gasteiger partial charge in [-0.15, -0.1) is 0 Å². The molecule has 0 unspecified atom stereocenters.